The molecule has 0 heterocycles. The molecule has 172 valence electrons. The number of ether oxygens (including phenoxy) is 2. The lowest BCUT2D eigenvalue weighted by Crippen LogP contribution is -2.46. The molecule has 32 heavy (non-hydrogen) atoms. The van der Waals surface area contributed by atoms with Crippen molar-refractivity contribution < 1.29 is 23.9 Å². The summed E-state index contributed by atoms with van der Waals surface area (Å²) < 4.78 is 10.3. The number of methoxy groups -OCH3 is 1. The lowest BCUT2D eigenvalue weighted by molar-refractivity contribution is -0.151. The van der Waals surface area contributed by atoms with Gasteiger partial charge >= 0.3 is 5.97 Å². The highest BCUT2D eigenvalue weighted by Crippen LogP contribution is 2.18. The highest BCUT2D eigenvalue weighted by Gasteiger charge is 2.27. The van der Waals surface area contributed by atoms with Crippen LogP contribution in [0, 0.1) is 5.92 Å². The molecular weight excluding hydrogens is 408 g/mol. The van der Waals surface area contributed by atoms with Gasteiger partial charge in [-0.3, -0.25) is 9.59 Å². The molecule has 2 aromatic carbocycles. The fraction of sp³-hybridized carbons (Fsp3) is 0.400. The zero-order valence-corrected chi connectivity index (χ0v) is 19.1. The van der Waals surface area contributed by atoms with Gasteiger partial charge in [-0.05, 0) is 42.2 Å². The molecule has 0 radical (unpaired) electrons. The van der Waals surface area contributed by atoms with E-state index in [1.165, 1.54) is 0 Å². The van der Waals surface area contributed by atoms with Crippen LogP contribution in [0.2, 0.25) is 0 Å². The van der Waals surface area contributed by atoms with E-state index in [1.54, 1.807) is 45.2 Å². The molecule has 0 spiro atoms. The largest absolute Gasteiger partial charge is 0.497 e. The van der Waals surface area contributed by atoms with Gasteiger partial charge in [0.15, 0.2) is 6.61 Å². The predicted octanol–water partition coefficient (Wildman–Crippen LogP) is 3.65. The molecule has 2 unspecified atom stereocenters. The van der Waals surface area contributed by atoms with Gasteiger partial charge < -0.3 is 20.1 Å². The summed E-state index contributed by atoms with van der Waals surface area (Å²) in [6.07, 6.45) is 1.67. The average Bonchev–Trinajstić information content (AvgIpc) is 2.81. The Bertz CT molecular complexity index is 881. The van der Waals surface area contributed by atoms with Crippen molar-refractivity contribution in [1.29, 1.82) is 0 Å². The van der Waals surface area contributed by atoms with Crippen molar-refractivity contribution in [2.45, 2.75) is 45.7 Å². The number of carbonyl (C=O) groups excluding carboxylic acids is 3. The molecule has 0 bridgehead atoms. The fourth-order valence-electron chi connectivity index (χ4n) is 3.22. The molecule has 0 aromatic heterocycles. The number of hydrogen-bond acceptors (Lipinski definition) is 5. The first-order valence-corrected chi connectivity index (χ1v) is 10.8. The van der Waals surface area contributed by atoms with E-state index in [0.29, 0.717) is 11.3 Å². The van der Waals surface area contributed by atoms with Gasteiger partial charge in [0.05, 0.1) is 13.2 Å². The van der Waals surface area contributed by atoms with Crippen molar-refractivity contribution in [3.63, 3.8) is 0 Å². The first kappa shape index (κ1) is 24.9. The monoisotopic (exact) mass is 440 g/mol. The average molecular weight is 441 g/mol. The molecule has 0 fully saturated rings. The standard InChI is InChI=1S/C25H32N2O5/c1-5-9-21(18-10-7-6-8-11-18)26-22(28)16-32-25(30)23(17(2)3)27-24(29)19-12-14-20(31-4)15-13-19/h6-8,10-15,17,21,23H,5,9,16H2,1-4H3,(H,26,28)(H,27,29). The Balaban J connectivity index is 1.93. The number of rotatable bonds is 11. The Morgan fingerprint density at radius 2 is 1.59 bits per heavy atom. The molecule has 7 nitrogen and oxygen atoms in total. The molecule has 2 aromatic rings. The van der Waals surface area contributed by atoms with E-state index in [9.17, 15) is 14.4 Å². The van der Waals surface area contributed by atoms with E-state index in [4.69, 9.17) is 9.47 Å². The summed E-state index contributed by atoms with van der Waals surface area (Å²) in [4.78, 5) is 37.6. The minimum atomic E-state index is -0.877. The van der Waals surface area contributed by atoms with Crippen molar-refractivity contribution in [3.05, 3.63) is 65.7 Å². The zero-order valence-electron chi connectivity index (χ0n) is 19.1. The summed E-state index contributed by atoms with van der Waals surface area (Å²) in [5, 5.41) is 5.61. The number of nitrogens with one attached hydrogen (secondary N) is 2. The number of benzene rings is 2. The Morgan fingerprint density at radius 3 is 2.16 bits per heavy atom. The summed E-state index contributed by atoms with van der Waals surface area (Å²) in [6.45, 7) is 5.23. The lowest BCUT2D eigenvalue weighted by Gasteiger charge is -2.22. The molecule has 2 rings (SSSR count). The van der Waals surface area contributed by atoms with Crippen LogP contribution >= 0.6 is 0 Å². The first-order valence-electron chi connectivity index (χ1n) is 10.8. The number of amides is 2. The van der Waals surface area contributed by atoms with Gasteiger partial charge in [0.25, 0.3) is 11.8 Å². The number of esters is 1. The molecule has 0 aliphatic heterocycles. The van der Waals surface area contributed by atoms with Crippen LogP contribution in [0.25, 0.3) is 0 Å². The van der Waals surface area contributed by atoms with Gasteiger partial charge in [-0.1, -0.05) is 57.5 Å². The van der Waals surface area contributed by atoms with Gasteiger partial charge in [-0.15, -0.1) is 0 Å². The maximum Gasteiger partial charge on any atom is 0.329 e. The number of hydrogen-bond donors (Lipinski definition) is 2. The van der Waals surface area contributed by atoms with E-state index >= 15 is 0 Å². The third kappa shape index (κ3) is 7.41. The molecule has 2 atom stereocenters. The van der Waals surface area contributed by atoms with E-state index in [1.807, 2.05) is 37.3 Å². The van der Waals surface area contributed by atoms with Crippen LogP contribution in [0.3, 0.4) is 0 Å². The topological polar surface area (TPSA) is 93.7 Å². The van der Waals surface area contributed by atoms with Crippen molar-refractivity contribution in [1.82, 2.24) is 10.6 Å². The van der Waals surface area contributed by atoms with Crippen molar-refractivity contribution in [2.24, 2.45) is 5.92 Å². The van der Waals surface area contributed by atoms with Gasteiger partial charge in [-0.25, -0.2) is 4.79 Å². The van der Waals surface area contributed by atoms with Crippen molar-refractivity contribution in [2.75, 3.05) is 13.7 Å². The molecule has 7 heteroatoms. The highest BCUT2D eigenvalue weighted by molar-refractivity contribution is 5.97. The van der Waals surface area contributed by atoms with Crippen LogP contribution in [0.1, 0.15) is 55.6 Å². The molecule has 0 aliphatic carbocycles. The Labute approximate surface area is 189 Å². The summed E-state index contributed by atoms with van der Waals surface area (Å²) in [6, 6.07) is 15.2. The number of carbonyl (C=O) groups is 3. The van der Waals surface area contributed by atoms with E-state index in [-0.39, 0.29) is 17.9 Å². The fourth-order valence-corrected chi connectivity index (χ4v) is 3.22. The van der Waals surface area contributed by atoms with E-state index in [2.05, 4.69) is 10.6 Å². The van der Waals surface area contributed by atoms with Crippen molar-refractivity contribution in [3.8, 4) is 5.75 Å². The molecular formula is C25H32N2O5. The minimum absolute atomic E-state index is 0.150. The molecule has 2 N–H and O–H groups in total. The first-order chi connectivity index (χ1) is 15.3. The van der Waals surface area contributed by atoms with Gasteiger partial charge in [0, 0.05) is 5.56 Å². The highest BCUT2D eigenvalue weighted by atomic mass is 16.5. The third-order valence-corrected chi connectivity index (χ3v) is 5.02. The van der Waals surface area contributed by atoms with Crippen LogP contribution in [-0.2, 0) is 14.3 Å². The van der Waals surface area contributed by atoms with Gasteiger partial charge in [-0.2, -0.15) is 0 Å². The second-order valence-corrected chi connectivity index (χ2v) is 7.85. The SMILES string of the molecule is CCCC(NC(=O)COC(=O)C(NC(=O)c1ccc(OC)cc1)C(C)C)c1ccccc1. The maximum atomic E-state index is 12.6. The summed E-state index contributed by atoms with van der Waals surface area (Å²) in [7, 11) is 1.54. The third-order valence-electron chi connectivity index (χ3n) is 5.02. The van der Waals surface area contributed by atoms with Gasteiger partial charge in [0.1, 0.15) is 11.8 Å². The predicted molar refractivity (Wildman–Crippen MR) is 122 cm³/mol. The lowest BCUT2D eigenvalue weighted by atomic mass is 10.0. The van der Waals surface area contributed by atoms with Crippen LogP contribution < -0.4 is 15.4 Å². The van der Waals surface area contributed by atoms with Crippen LogP contribution in [0.5, 0.6) is 5.75 Å². The zero-order chi connectivity index (χ0) is 23.5. The van der Waals surface area contributed by atoms with Crippen LogP contribution in [-0.4, -0.2) is 37.5 Å². The van der Waals surface area contributed by atoms with Crippen LogP contribution in [0.4, 0.5) is 0 Å². The maximum absolute atomic E-state index is 12.6. The van der Waals surface area contributed by atoms with E-state index in [0.717, 1.165) is 18.4 Å². The minimum Gasteiger partial charge on any atom is -0.497 e. The summed E-state index contributed by atoms with van der Waals surface area (Å²) in [5.41, 5.74) is 1.40. The molecule has 0 saturated carbocycles. The van der Waals surface area contributed by atoms with Crippen molar-refractivity contribution >= 4 is 17.8 Å². The quantitative estimate of drug-likeness (QED) is 0.520. The Kier molecular flexibility index (Phi) is 9.73. The van der Waals surface area contributed by atoms with E-state index < -0.39 is 24.5 Å². The smallest absolute Gasteiger partial charge is 0.329 e. The molecule has 0 aliphatic rings. The Morgan fingerprint density at radius 1 is 0.938 bits per heavy atom. The Hall–Kier alpha value is -3.35. The van der Waals surface area contributed by atoms with Crippen LogP contribution in [0.15, 0.2) is 54.6 Å². The second-order valence-electron chi connectivity index (χ2n) is 7.85. The summed E-state index contributed by atoms with van der Waals surface area (Å²) in [5.74, 6) is -1.03. The van der Waals surface area contributed by atoms with Gasteiger partial charge in [0.2, 0.25) is 0 Å². The normalized spacial score (nSPS) is 12.5. The molecule has 2 amide bonds. The summed E-state index contributed by atoms with van der Waals surface area (Å²) >= 11 is 0. The molecule has 0 saturated heterocycles. The second kappa shape index (κ2) is 12.5.